The topological polar surface area (TPSA) is 78.7 Å². The summed E-state index contributed by atoms with van der Waals surface area (Å²) >= 11 is 0. The van der Waals surface area contributed by atoms with E-state index >= 15 is 0 Å². The van der Waals surface area contributed by atoms with E-state index in [1.807, 2.05) is 13.0 Å². The van der Waals surface area contributed by atoms with E-state index in [2.05, 4.69) is 15.4 Å². The molecule has 1 aromatic rings. The van der Waals surface area contributed by atoms with Crippen LogP contribution >= 0.6 is 0 Å². The van der Waals surface area contributed by atoms with Gasteiger partial charge in [0.2, 0.25) is 0 Å². The van der Waals surface area contributed by atoms with E-state index in [0.29, 0.717) is 6.54 Å². The number of aryl methyl sites for hydroxylation is 1. The lowest BCUT2D eigenvalue weighted by Crippen LogP contribution is -2.40. The van der Waals surface area contributed by atoms with E-state index in [0.717, 1.165) is 43.8 Å². The van der Waals surface area contributed by atoms with Gasteiger partial charge in [-0.05, 0) is 46.6 Å². The summed E-state index contributed by atoms with van der Waals surface area (Å²) in [5, 5.41) is 6.84. The Morgan fingerprint density at radius 2 is 2.17 bits per heavy atom. The molecule has 0 aliphatic carbocycles. The summed E-state index contributed by atoms with van der Waals surface area (Å²) < 4.78 is 5.18. The number of nitrogens with zero attached hydrogens (tertiary/aromatic N) is 3. The normalized spacial score (nSPS) is 24.5. The third-order valence-corrected chi connectivity index (χ3v) is 4.62. The van der Waals surface area contributed by atoms with E-state index in [9.17, 15) is 9.59 Å². The lowest BCUT2D eigenvalue weighted by Gasteiger charge is -2.23. The SMILES string of the molecule is Cc1cc([C@@H]2CCCN2CCCN2C(=O)NC(C)(C)C2=O)no1. The van der Waals surface area contributed by atoms with Crippen LogP contribution < -0.4 is 5.32 Å². The van der Waals surface area contributed by atoms with Crippen molar-refractivity contribution in [1.29, 1.82) is 0 Å². The first kappa shape index (κ1) is 16.0. The Hall–Kier alpha value is -1.89. The number of carbonyl (C=O) groups excluding carboxylic acids is 2. The number of amides is 3. The van der Waals surface area contributed by atoms with E-state index < -0.39 is 5.54 Å². The van der Waals surface area contributed by atoms with Gasteiger partial charge in [-0.3, -0.25) is 14.6 Å². The van der Waals surface area contributed by atoms with Crippen molar-refractivity contribution >= 4 is 11.9 Å². The predicted molar refractivity (Wildman–Crippen MR) is 83.7 cm³/mol. The molecule has 3 amide bonds. The van der Waals surface area contributed by atoms with Crippen molar-refractivity contribution in [1.82, 2.24) is 20.3 Å². The van der Waals surface area contributed by atoms with E-state index in [1.54, 1.807) is 13.8 Å². The minimum Gasteiger partial charge on any atom is -0.361 e. The van der Waals surface area contributed by atoms with Gasteiger partial charge in [0, 0.05) is 19.2 Å². The Balaban J connectivity index is 1.54. The van der Waals surface area contributed by atoms with Crippen LogP contribution in [0.3, 0.4) is 0 Å². The van der Waals surface area contributed by atoms with Gasteiger partial charge < -0.3 is 9.84 Å². The number of likely N-dealkylation sites (tertiary alicyclic amines) is 1. The first-order valence-electron chi connectivity index (χ1n) is 8.20. The van der Waals surface area contributed by atoms with Gasteiger partial charge in [-0.1, -0.05) is 5.16 Å². The molecule has 1 aromatic heterocycles. The van der Waals surface area contributed by atoms with Gasteiger partial charge in [-0.2, -0.15) is 0 Å². The largest absolute Gasteiger partial charge is 0.361 e. The van der Waals surface area contributed by atoms with Crippen LogP contribution in [0, 0.1) is 6.92 Å². The summed E-state index contributed by atoms with van der Waals surface area (Å²) in [6.07, 6.45) is 2.97. The number of urea groups is 1. The first-order chi connectivity index (χ1) is 10.9. The maximum atomic E-state index is 12.2. The average Bonchev–Trinajstić information content (AvgIpc) is 3.14. The highest BCUT2D eigenvalue weighted by Gasteiger charge is 2.43. The van der Waals surface area contributed by atoms with Gasteiger partial charge in [0.05, 0.1) is 6.04 Å². The van der Waals surface area contributed by atoms with Crippen LogP contribution in [0.1, 0.15) is 50.6 Å². The van der Waals surface area contributed by atoms with Crippen molar-refractivity contribution < 1.29 is 14.1 Å². The molecule has 0 unspecified atom stereocenters. The molecular weight excluding hydrogens is 296 g/mol. The molecule has 0 bridgehead atoms. The summed E-state index contributed by atoms with van der Waals surface area (Å²) in [4.78, 5) is 27.7. The third-order valence-electron chi connectivity index (χ3n) is 4.62. The smallest absolute Gasteiger partial charge is 0.325 e. The summed E-state index contributed by atoms with van der Waals surface area (Å²) in [6, 6.07) is 1.99. The highest BCUT2D eigenvalue weighted by Crippen LogP contribution is 2.31. The quantitative estimate of drug-likeness (QED) is 0.838. The molecule has 0 aromatic carbocycles. The molecule has 23 heavy (non-hydrogen) atoms. The van der Waals surface area contributed by atoms with Gasteiger partial charge in [0.15, 0.2) is 0 Å². The molecular formula is C16H24N4O3. The Bertz CT molecular complexity index is 610. The number of hydrogen-bond acceptors (Lipinski definition) is 5. The van der Waals surface area contributed by atoms with E-state index in [1.165, 1.54) is 4.90 Å². The summed E-state index contributed by atoms with van der Waals surface area (Å²) in [5.74, 6) is 0.681. The molecule has 1 N–H and O–H groups in total. The Labute approximate surface area is 136 Å². The zero-order valence-corrected chi connectivity index (χ0v) is 14.0. The number of nitrogens with one attached hydrogen (secondary N) is 1. The third kappa shape index (κ3) is 3.10. The number of aromatic nitrogens is 1. The zero-order chi connectivity index (χ0) is 16.6. The molecule has 2 saturated heterocycles. The van der Waals surface area contributed by atoms with Crippen molar-refractivity contribution in [2.75, 3.05) is 19.6 Å². The number of rotatable bonds is 5. The summed E-state index contributed by atoms with van der Waals surface area (Å²) in [7, 11) is 0. The lowest BCUT2D eigenvalue weighted by atomic mass is 10.1. The molecule has 3 rings (SSSR count). The maximum Gasteiger partial charge on any atom is 0.325 e. The number of hydrogen-bond donors (Lipinski definition) is 1. The van der Waals surface area contributed by atoms with Crippen molar-refractivity contribution in [3.05, 3.63) is 17.5 Å². The first-order valence-corrected chi connectivity index (χ1v) is 8.20. The van der Waals surface area contributed by atoms with Crippen LogP contribution in [0.25, 0.3) is 0 Å². The Kier molecular flexibility index (Phi) is 4.14. The number of imide groups is 1. The molecule has 1 atom stereocenters. The lowest BCUT2D eigenvalue weighted by molar-refractivity contribution is -0.130. The number of carbonyl (C=O) groups is 2. The van der Waals surface area contributed by atoms with Crippen molar-refractivity contribution in [3.63, 3.8) is 0 Å². The van der Waals surface area contributed by atoms with Crippen LogP contribution in [-0.2, 0) is 4.79 Å². The van der Waals surface area contributed by atoms with E-state index in [4.69, 9.17) is 4.52 Å². The maximum absolute atomic E-state index is 12.2. The van der Waals surface area contributed by atoms with Gasteiger partial charge in [-0.15, -0.1) is 0 Å². The summed E-state index contributed by atoms with van der Waals surface area (Å²) in [5.41, 5.74) is 0.196. The second-order valence-electron chi connectivity index (χ2n) is 6.92. The highest BCUT2D eigenvalue weighted by atomic mass is 16.5. The summed E-state index contributed by atoms with van der Waals surface area (Å²) in [6.45, 7) is 7.67. The molecule has 7 nitrogen and oxygen atoms in total. The van der Waals surface area contributed by atoms with Crippen LogP contribution in [0.5, 0.6) is 0 Å². The van der Waals surface area contributed by atoms with Crippen molar-refractivity contribution in [3.8, 4) is 0 Å². The molecule has 2 fully saturated rings. The molecule has 7 heteroatoms. The van der Waals surface area contributed by atoms with Crippen LogP contribution in [0.2, 0.25) is 0 Å². The highest BCUT2D eigenvalue weighted by molar-refractivity contribution is 6.06. The minimum atomic E-state index is -0.786. The van der Waals surface area contributed by atoms with Gasteiger partial charge in [-0.25, -0.2) is 4.79 Å². The zero-order valence-electron chi connectivity index (χ0n) is 14.0. The monoisotopic (exact) mass is 320 g/mol. The Morgan fingerprint density at radius 1 is 1.39 bits per heavy atom. The molecule has 0 spiro atoms. The predicted octanol–water partition coefficient (Wildman–Crippen LogP) is 1.84. The van der Waals surface area contributed by atoms with E-state index in [-0.39, 0.29) is 18.0 Å². The van der Waals surface area contributed by atoms with Crippen LogP contribution in [-0.4, -0.2) is 52.1 Å². The fraction of sp³-hybridized carbons (Fsp3) is 0.688. The fourth-order valence-electron chi connectivity index (χ4n) is 3.42. The second kappa shape index (κ2) is 5.96. The molecule has 2 aliphatic rings. The van der Waals surface area contributed by atoms with Crippen LogP contribution in [0.15, 0.2) is 10.6 Å². The molecule has 0 radical (unpaired) electrons. The van der Waals surface area contributed by atoms with Crippen molar-refractivity contribution in [2.24, 2.45) is 0 Å². The molecule has 3 heterocycles. The van der Waals surface area contributed by atoms with Gasteiger partial charge in [0.1, 0.15) is 17.0 Å². The minimum absolute atomic E-state index is 0.146. The molecule has 126 valence electrons. The molecule has 2 aliphatic heterocycles. The standard InChI is InChI=1S/C16H24N4O3/c1-11-10-12(18-23-11)13-6-4-7-19(13)8-5-9-20-14(21)16(2,3)17-15(20)22/h10,13H,4-9H2,1-3H3,(H,17,22)/t13-/m0/s1. The Morgan fingerprint density at radius 3 is 2.78 bits per heavy atom. The molecule has 0 saturated carbocycles. The average molecular weight is 320 g/mol. The fourth-order valence-corrected chi connectivity index (χ4v) is 3.42. The van der Waals surface area contributed by atoms with Gasteiger partial charge in [0.25, 0.3) is 5.91 Å². The van der Waals surface area contributed by atoms with Gasteiger partial charge >= 0.3 is 6.03 Å². The van der Waals surface area contributed by atoms with Crippen molar-refractivity contribution in [2.45, 2.75) is 51.6 Å². The second-order valence-corrected chi connectivity index (χ2v) is 6.92. The van der Waals surface area contributed by atoms with Crippen LogP contribution in [0.4, 0.5) is 4.79 Å².